The lowest BCUT2D eigenvalue weighted by atomic mass is 9.95. The van der Waals surface area contributed by atoms with Crippen LogP contribution in [0.25, 0.3) is 0 Å². The molecule has 1 unspecified atom stereocenters. The van der Waals surface area contributed by atoms with E-state index < -0.39 is 0 Å². The summed E-state index contributed by atoms with van der Waals surface area (Å²) in [4.78, 5) is 2.41. The van der Waals surface area contributed by atoms with Gasteiger partial charge in [0.25, 0.3) is 0 Å². The summed E-state index contributed by atoms with van der Waals surface area (Å²) in [6.45, 7) is 9.94. The molecule has 0 aromatic rings. The first-order valence-corrected chi connectivity index (χ1v) is 13.0. The highest BCUT2D eigenvalue weighted by molar-refractivity contribution is 5.72. The Balaban J connectivity index is 3.93. The molecule has 0 aliphatic rings. The monoisotopic (exact) mass is 410 g/mol. The van der Waals surface area contributed by atoms with Crippen molar-refractivity contribution >= 4 is 5.90 Å². The van der Waals surface area contributed by atoms with Crippen LogP contribution < -0.4 is 0 Å². The van der Waals surface area contributed by atoms with Crippen molar-refractivity contribution < 1.29 is 4.74 Å². The van der Waals surface area contributed by atoms with Crippen LogP contribution in [0.3, 0.4) is 0 Å². The molecule has 0 aromatic carbocycles. The molecular formula is C26H54N2O. The van der Waals surface area contributed by atoms with Crippen molar-refractivity contribution in [3.63, 3.8) is 0 Å². The van der Waals surface area contributed by atoms with E-state index in [-0.39, 0.29) is 0 Å². The molecular weight excluding hydrogens is 356 g/mol. The number of unbranched alkanes of at least 4 members (excludes halogenated alkanes) is 10. The molecule has 0 heterocycles. The minimum atomic E-state index is 0.522. The van der Waals surface area contributed by atoms with Crippen molar-refractivity contribution in [1.82, 2.24) is 4.90 Å². The Morgan fingerprint density at radius 3 is 1.86 bits per heavy atom. The quantitative estimate of drug-likeness (QED) is 0.111. The van der Waals surface area contributed by atoms with Crippen LogP contribution in [0.15, 0.2) is 0 Å². The first-order chi connectivity index (χ1) is 14.1. The molecule has 0 bridgehead atoms. The second kappa shape index (κ2) is 22.1. The summed E-state index contributed by atoms with van der Waals surface area (Å²) in [5.41, 5.74) is 0. The first-order valence-electron chi connectivity index (χ1n) is 13.0. The van der Waals surface area contributed by atoms with Gasteiger partial charge in [-0.25, -0.2) is 0 Å². The summed E-state index contributed by atoms with van der Waals surface area (Å²) in [6, 6.07) is 0. The molecule has 0 amide bonds. The Hall–Kier alpha value is -0.570. The highest BCUT2D eigenvalue weighted by Gasteiger charge is 2.11. The zero-order valence-electron chi connectivity index (χ0n) is 20.6. The third-order valence-electron chi connectivity index (χ3n) is 5.97. The van der Waals surface area contributed by atoms with Crippen LogP contribution in [-0.4, -0.2) is 37.5 Å². The minimum Gasteiger partial charge on any atom is -0.481 e. The van der Waals surface area contributed by atoms with Gasteiger partial charge in [-0.15, -0.1) is 0 Å². The molecule has 0 saturated heterocycles. The molecule has 0 radical (unpaired) electrons. The van der Waals surface area contributed by atoms with Gasteiger partial charge in [0.15, 0.2) is 5.90 Å². The zero-order valence-corrected chi connectivity index (χ0v) is 20.6. The zero-order chi connectivity index (χ0) is 21.6. The molecule has 1 N–H and O–H groups in total. The molecule has 0 aliphatic heterocycles. The van der Waals surface area contributed by atoms with Crippen LogP contribution in [0, 0.1) is 11.3 Å². The van der Waals surface area contributed by atoms with E-state index in [0.29, 0.717) is 11.8 Å². The summed E-state index contributed by atoms with van der Waals surface area (Å²) in [7, 11) is 2.21. The fourth-order valence-corrected chi connectivity index (χ4v) is 4.01. The maximum Gasteiger partial charge on any atom is 0.180 e. The fraction of sp³-hybridized carbons (Fsp3) is 0.962. The summed E-state index contributed by atoms with van der Waals surface area (Å²) in [5.74, 6) is 1.18. The molecule has 29 heavy (non-hydrogen) atoms. The van der Waals surface area contributed by atoms with Crippen molar-refractivity contribution in [2.75, 3.05) is 26.7 Å². The normalized spacial score (nSPS) is 12.4. The Kier molecular flexibility index (Phi) is 21.7. The van der Waals surface area contributed by atoms with E-state index in [0.717, 1.165) is 19.4 Å². The first kappa shape index (κ1) is 28.4. The van der Waals surface area contributed by atoms with Crippen LogP contribution in [0.5, 0.6) is 0 Å². The lowest BCUT2D eigenvalue weighted by Crippen LogP contribution is -2.20. The van der Waals surface area contributed by atoms with Crippen molar-refractivity contribution in [3.8, 4) is 0 Å². The molecule has 174 valence electrons. The van der Waals surface area contributed by atoms with Gasteiger partial charge < -0.3 is 9.64 Å². The molecule has 3 heteroatoms. The third-order valence-corrected chi connectivity index (χ3v) is 5.97. The van der Waals surface area contributed by atoms with Gasteiger partial charge >= 0.3 is 0 Å². The number of ether oxygens (including phenoxy) is 1. The molecule has 0 spiro atoms. The van der Waals surface area contributed by atoms with Crippen molar-refractivity contribution in [3.05, 3.63) is 0 Å². The van der Waals surface area contributed by atoms with Gasteiger partial charge in [0.1, 0.15) is 0 Å². The standard InChI is InChI=1S/C26H54N2O/c1-5-8-10-12-13-16-20-25(19-15-11-9-6-2)24-29-26(27)21-17-14-18-23-28(4)22-7-3/h25,27H,5-24H2,1-4H3. The number of hydrogen-bond donors (Lipinski definition) is 1. The maximum absolute atomic E-state index is 8.17. The summed E-state index contributed by atoms with van der Waals surface area (Å²) >= 11 is 0. The topological polar surface area (TPSA) is 36.3 Å². The SMILES string of the molecule is CCCCCCCCC(CCCCCC)COC(=N)CCCCCN(C)CCC. The van der Waals surface area contributed by atoms with Gasteiger partial charge in [-0.3, -0.25) is 5.41 Å². The van der Waals surface area contributed by atoms with E-state index >= 15 is 0 Å². The van der Waals surface area contributed by atoms with Crippen LogP contribution in [-0.2, 0) is 4.74 Å². The Morgan fingerprint density at radius 2 is 1.24 bits per heavy atom. The molecule has 0 rings (SSSR count). The lowest BCUT2D eigenvalue weighted by Gasteiger charge is -2.18. The van der Waals surface area contributed by atoms with Gasteiger partial charge in [-0.1, -0.05) is 91.4 Å². The average Bonchev–Trinajstić information content (AvgIpc) is 2.71. The minimum absolute atomic E-state index is 0.522. The predicted octanol–water partition coefficient (Wildman–Crippen LogP) is 8.22. The van der Waals surface area contributed by atoms with E-state index in [1.54, 1.807) is 0 Å². The van der Waals surface area contributed by atoms with E-state index in [2.05, 4.69) is 32.7 Å². The lowest BCUT2D eigenvalue weighted by molar-refractivity contribution is 0.206. The smallest absolute Gasteiger partial charge is 0.180 e. The predicted molar refractivity (Wildman–Crippen MR) is 130 cm³/mol. The second-order valence-electron chi connectivity index (χ2n) is 9.12. The van der Waals surface area contributed by atoms with Crippen LogP contribution >= 0.6 is 0 Å². The molecule has 0 fully saturated rings. The number of rotatable bonds is 22. The highest BCUT2D eigenvalue weighted by atomic mass is 16.5. The van der Waals surface area contributed by atoms with Gasteiger partial charge in [0.05, 0.1) is 6.61 Å². The highest BCUT2D eigenvalue weighted by Crippen LogP contribution is 2.20. The summed E-state index contributed by atoms with van der Waals surface area (Å²) in [6.07, 6.45) is 21.7. The van der Waals surface area contributed by atoms with Gasteiger partial charge in [0, 0.05) is 6.42 Å². The van der Waals surface area contributed by atoms with Crippen LogP contribution in [0.4, 0.5) is 0 Å². The van der Waals surface area contributed by atoms with Gasteiger partial charge in [0.2, 0.25) is 0 Å². The summed E-state index contributed by atoms with van der Waals surface area (Å²) < 4.78 is 5.90. The van der Waals surface area contributed by atoms with E-state index in [1.807, 2.05) is 0 Å². The van der Waals surface area contributed by atoms with Gasteiger partial charge in [-0.05, 0) is 58.2 Å². The van der Waals surface area contributed by atoms with Crippen molar-refractivity contribution in [2.24, 2.45) is 5.92 Å². The molecule has 3 nitrogen and oxygen atoms in total. The Morgan fingerprint density at radius 1 is 0.690 bits per heavy atom. The summed E-state index contributed by atoms with van der Waals surface area (Å²) in [5, 5.41) is 8.17. The maximum atomic E-state index is 8.17. The average molecular weight is 411 g/mol. The molecule has 0 saturated carbocycles. The van der Waals surface area contributed by atoms with Crippen molar-refractivity contribution in [2.45, 2.75) is 130 Å². The van der Waals surface area contributed by atoms with Crippen LogP contribution in [0.1, 0.15) is 130 Å². The van der Waals surface area contributed by atoms with E-state index in [4.69, 9.17) is 10.1 Å². The third kappa shape index (κ3) is 20.5. The van der Waals surface area contributed by atoms with Crippen LogP contribution in [0.2, 0.25) is 0 Å². The van der Waals surface area contributed by atoms with E-state index in [9.17, 15) is 0 Å². The molecule has 0 aliphatic carbocycles. The largest absolute Gasteiger partial charge is 0.481 e. The number of nitrogens with zero attached hydrogens (tertiary/aromatic N) is 1. The van der Waals surface area contributed by atoms with Gasteiger partial charge in [-0.2, -0.15) is 0 Å². The molecule has 1 atom stereocenters. The number of nitrogens with one attached hydrogen (secondary N) is 1. The number of hydrogen-bond acceptors (Lipinski definition) is 3. The Bertz CT molecular complexity index is 346. The van der Waals surface area contributed by atoms with E-state index in [1.165, 1.54) is 109 Å². The molecule has 0 aromatic heterocycles. The van der Waals surface area contributed by atoms with Crippen molar-refractivity contribution in [1.29, 1.82) is 5.41 Å². The Labute approximate surface area is 183 Å². The fourth-order valence-electron chi connectivity index (χ4n) is 4.01. The second-order valence-corrected chi connectivity index (χ2v) is 9.12.